The Bertz CT molecular complexity index is 1740. The number of carbonyl (C=O) groups excluding carboxylic acids is 2. The largest absolute Gasteiger partial charge is 0.488 e. The molecule has 1 aliphatic rings. The molecule has 2 amide bonds. The first-order valence-electron chi connectivity index (χ1n) is 16.3. The molecular weight excluding hydrogens is 617 g/mol. The number of carbonyl (C=O) groups is 2. The Labute approximate surface area is 279 Å². The minimum Gasteiger partial charge on any atom is -0.488 e. The second kappa shape index (κ2) is 14.8. The molecule has 4 aromatic rings. The molecule has 5 rings (SSSR count). The average Bonchev–Trinajstić information content (AvgIpc) is 3.26. The molecule has 0 fully saturated rings. The number of fused-ring (bicyclic) bond motifs is 1. The van der Waals surface area contributed by atoms with Crippen LogP contribution in [-0.4, -0.2) is 50.2 Å². The zero-order chi connectivity index (χ0) is 34.4. The zero-order valence-electron chi connectivity index (χ0n) is 27.7. The molecule has 0 spiro atoms. The lowest BCUT2D eigenvalue weighted by molar-refractivity contribution is -0.170. The molecule has 0 unspecified atom stereocenters. The number of amides is 2. The third-order valence-electron chi connectivity index (χ3n) is 8.58. The highest BCUT2D eigenvalue weighted by Gasteiger charge is 2.43. The molecule has 7 nitrogen and oxygen atoms in total. The summed E-state index contributed by atoms with van der Waals surface area (Å²) in [7, 11) is 0. The molecule has 0 bridgehead atoms. The van der Waals surface area contributed by atoms with E-state index in [2.05, 4.69) is 12.2 Å². The van der Waals surface area contributed by atoms with Crippen LogP contribution < -0.4 is 24.8 Å². The smallest absolute Gasteiger partial charge is 0.471 e. The lowest BCUT2D eigenvalue weighted by atomic mass is 9.99. The summed E-state index contributed by atoms with van der Waals surface area (Å²) >= 11 is 0. The van der Waals surface area contributed by atoms with Gasteiger partial charge in [0.15, 0.2) is 0 Å². The predicted octanol–water partition coefficient (Wildman–Crippen LogP) is 8.54. The van der Waals surface area contributed by atoms with Crippen molar-refractivity contribution >= 4 is 34.6 Å². The minimum atomic E-state index is -5.02. The molecule has 10 heteroatoms. The number of alkyl halides is 3. The van der Waals surface area contributed by atoms with E-state index in [1.807, 2.05) is 79.4 Å². The summed E-state index contributed by atoms with van der Waals surface area (Å²) in [5.74, 6) is -1.63. The highest BCUT2D eigenvalue weighted by atomic mass is 19.4. The van der Waals surface area contributed by atoms with Crippen molar-refractivity contribution in [3.05, 3.63) is 102 Å². The minimum absolute atomic E-state index is 0.151. The van der Waals surface area contributed by atoms with E-state index in [1.54, 1.807) is 35.2 Å². The van der Waals surface area contributed by atoms with Gasteiger partial charge in [-0.15, -0.1) is 0 Å². The Kier molecular flexibility index (Phi) is 10.6. The van der Waals surface area contributed by atoms with E-state index in [0.29, 0.717) is 47.8 Å². The van der Waals surface area contributed by atoms with Gasteiger partial charge in [0.05, 0.1) is 22.7 Å². The molecule has 1 atom stereocenters. The molecule has 1 N–H and O–H groups in total. The molecule has 0 aromatic heterocycles. The molecule has 0 radical (unpaired) electrons. The second-order valence-corrected chi connectivity index (χ2v) is 11.7. The molecular formula is C38H41F3N4O3. The first kappa shape index (κ1) is 34.3. The predicted molar refractivity (Wildman–Crippen MR) is 186 cm³/mol. The highest BCUT2D eigenvalue weighted by molar-refractivity contribution is 6.08. The van der Waals surface area contributed by atoms with Gasteiger partial charge in [-0.25, -0.2) is 0 Å². The highest BCUT2D eigenvalue weighted by Crippen LogP contribution is 2.40. The lowest BCUT2D eigenvalue weighted by Crippen LogP contribution is -2.42. The van der Waals surface area contributed by atoms with Crippen molar-refractivity contribution < 1.29 is 27.5 Å². The number of nitrogens with zero attached hydrogens (tertiary/aromatic N) is 3. The van der Waals surface area contributed by atoms with Gasteiger partial charge in [0.25, 0.3) is 5.91 Å². The summed E-state index contributed by atoms with van der Waals surface area (Å²) in [6, 6.07) is 27.9. The van der Waals surface area contributed by atoms with Crippen molar-refractivity contribution in [1.82, 2.24) is 0 Å². The van der Waals surface area contributed by atoms with Gasteiger partial charge in [0.1, 0.15) is 12.4 Å². The van der Waals surface area contributed by atoms with Crippen LogP contribution in [0.1, 0.15) is 50.0 Å². The van der Waals surface area contributed by atoms with Crippen LogP contribution in [0.15, 0.2) is 91.0 Å². The molecule has 48 heavy (non-hydrogen) atoms. The SMILES string of the molecule is CCN(CC)c1cc(-c2ccc(C(=O)N3CC[C@H](C)Nc4ccccc43)cc2OCc2ccccc2)ccc1N(CC)C(=O)C(F)(F)F. The van der Waals surface area contributed by atoms with Crippen LogP contribution >= 0.6 is 0 Å². The molecule has 0 saturated heterocycles. The van der Waals surface area contributed by atoms with Crippen LogP contribution in [0.5, 0.6) is 5.75 Å². The fourth-order valence-electron chi connectivity index (χ4n) is 6.04. The summed E-state index contributed by atoms with van der Waals surface area (Å²) in [4.78, 5) is 31.0. The topological polar surface area (TPSA) is 65.1 Å². The number of benzene rings is 4. The van der Waals surface area contributed by atoms with Gasteiger partial charge >= 0.3 is 12.1 Å². The number of para-hydroxylation sites is 2. The van der Waals surface area contributed by atoms with Gasteiger partial charge < -0.3 is 24.8 Å². The Morgan fingerprint density at radius 3 is 2.27 bits per heavy atom. The molecule has 0 saturated carbocycles. The first-order chi connectivity index (χ1) is 23.0. The van der Waals surface area contributed by atoms with E-state index < -0.39 is 12.1 Å². The first-order valence-corrected chi connectivity index (χ1v) is 16.3. The van der Waals surface area contributed by atoms with Crippen molar-refractivity contribution in [2.45, 2.75) is 52.9 Å². The van der Waals surface area contributed by atoms with Crippen molar-refractivity contribution in [3.63, 3.8) is 0 Å². The molecule has 0 aliphatic carbocycles. The van der Waals surface area contributed by atoms with Gasteiger partial charge in [-0.2, -0.15) is 13.2 Å². The van der Waals surface area contributed by atoms with Gasteiger partial charge in [-0.05, 0) is 87.7 Å². The van der Waals surface area contributed by atoms with Gasteiger partial charge in [-0.1, -0.05) is 48.5 Å². The second-order valence-electron chi connectivity index (χ2n) is 11.7. The van der Waals surface area contributed by atoms with Gasteiger partial charge in [-0.3, -0.25) is 9.59 Å². The summed E-state index contributed by atoms with van der Waals surface area (Å²) in [5, 5.41) is 3.49. The normalized spacial score (nSPS) is 14.4. The number of halogens is 3. The van der Waals surface area contributed by atoms with Crippen molar-refractivity contribution in [1.29, 1.82) is 0 Å². The van der Waals surface area contributed by atoms with Gasteiger partial charge in [0, 0.05) is 43.3 Å². The maximum absolute atomic E-state index is 14.1. The molecule has 252 valence electrons. The van der Waals surface area contributed by atoms with E-state index in [1.165, 1.54) is 6.92 Å². The number of anilines is 4. The molecule has 1 heterocycles. The lowest BCUT2D eigenvalue weighted by Gasteiger charge is -2.30. The van der Waals surface area contributed by atoms with Gasteiger partial charge in [0.2, 0.25) is 0 Å². The Balaban J connectivity index is 1.60. The van der Waals surface area contributed by atoms with Crippen LogP contribution in [0.4, 0.5) is 35.9 Å². The summed E-state index contributed by atoms with van der Waals surface area (Å²) < 4.78 is 47.2. The fraction of sp³-hybridized carbons (Fsp3) is 0.316. The molecule has 1 aliphatic heterocycles. The van der Waals surface area contributed by atoms with E-state index in [-0.39, 0.29) is 30.8 Å². The number of rotatable bonds is 10. The monoisotopic (exact) mass is 658 g/mol. The third-order valence-corrected chi connectivity index (χ3v) is 8.58. The molecule has 4 aromatic carbocycles. The van der Waals surface area contributed by atoms with Crippen LogP contribution in [0, 0.1) is 0 Å². The summed E-state index contributed by atoms with van der Waals surface area (Å²) in [6.45, 7) is 9.08. The quantitative estimate of drug-likeness (QED) is 0.185. The standard InChI is InChI=1S/C38H41F3N4O3/c1-5-43(6-2)34-23-28(18-20-33(34)44(7-3)37(47)38(39,40)41)30-19-17-29(24-35(30)48-25-27-13-9-8-10-14-27)36(46)45-22-21-26(4)42-31-15-11-12-16-32(31)45/h8-20,23-24,26,42H,5-7,21-22,25H2,1-4H3/t26-/m0/s1. The summed E-state index contributed by atoms with van der Waals surface area (Å²) in [6.07, 6.45) is -4.25. The maximum atomic E-state index is 14.1. The number of hydrogen-bond acceptors (Lipinski definition) is 5. The average molecular weight is 659 g/mol. The van der Waals surface area contributed by atoms with Crippen molar-refractivity contribution in [2.75, 3.05) is 46.2 Å². The number of nitrogens with one attached hydrogen (secondary N) is 1. The van der Waals surface area contributed by atoms with Crippen LogP contribution in [-0.2, 0) is 11.4 Å². The van der Waals surface area contributed by atoms with E-state index in [4.69, 9.17) is 4.74 Å². The van der Waals surface area contributed by atoms with E-state index in [9.17, 15) is 22.8 Å². The fourth-order valence-corrected chi connectivity index (χ4v) is 6.04. The van der Waals surface area contributed by atoms with Crippen LogP contribution in [0.3, 0.4) is 0 Å². The maximum Gasteiger partial charge on any atom is 0.471 e. The summed E-state index contributed by atoms with van der Waals surface area (Å²) in [5.41, 5.74) is 5.08. The third kappa shape index (κ3) is 7.43. The Morgan fingerprint density at radius 1 is 0.875 bits per heavy atom. The van der Waals surface area contributed by atoms with Crippen LogP contribution in [0.25, 0.3) is 11.1 Å². The Hall–Kier alpha value is -4.99. The Morgan fingerprint density at radius 2 is 1.58 bits per heavy atom. The van der Waals surface area contributed by atoms with E-state index in [0.717, 1.165) is 28.3 Å². The van der Waals surface area contributed by atoms with Crippen LogP contribution in [0.2, 0.25) is 0 Å². The van der Waals surface area contributed by atoms with Crippen molar-refractivity contribution in [3.8, 4) is 16.9 Å². The van der Waals surface area contributed by atoms with Crippen molar-refractivity contribution in [2.24, 2.45) is 0 Å². The number of hydrogen-bond donors (Lipinski definition) is 1. The van der Waals surface area contributed by atoms with E-state index >= 15 is 0 Å². The number of ether oxygens (including phenoxy) is 1. The zero-order valence-corrected chi connectivity index (χ0v) is 27.7.